The van der Waals surface area contributed by atoms with Gasteiger partial charge in [0.1, 0.15) is 5.75 Å². The van der Waals surface area contributed by atoms with E-state index in [2.05, 4.69) is 5.32 Å². The molecule has 0 spiro atoms. The van der Waals surface area contributed by atoms with Gasteiger partial charge in [-0.3, -0.25) is 4.79 Å². The summed E-state index contributed by atoms with van der Waals surface area (Å²) in [4.78, 5) is 14.0. The fourth-order valence-corrected chi connectivity index (χ4v) is 1.69. The van der Waals surface area contributed by atoms with Crippen molar-refractivity contribution in [2.45, 2.75) is 26.4 Å². The monoisotopic (exact) mass is 264 g/mol. The first-order valence-electron chi connectivity index (χ1n) is 6.68. The van der Waals surface area contributed by atoms with Gasteiger partial charge in [0.2, 0.25) is 0 Å². The Kier molecular flexibility index (Phi) is 6.36. The molecule has 0 aliphatic heterocycles. The number of rotatable bonds is 7. The average molecular weight is 264 g/mol. The van der Waals surface area contributed by atoms with E-state index in [-0.39, 0.29) is 5.91 Å². The average Bonchev–Trinajstić information content (AvgIpc) is 2.35. The van der Waals surface area contributed by atoms with E-state index >= 15 is 0 Å². The number of nitrogens with zero attached hydrogens (tertiary/aromatic N) is 1. The van der Waals surface area contributed by atoms with Gasteiger partial charge in [-0.05, 0) is 45.1 Å². The number of hydrogen-bond acceptors (Lipinski definition) is 3. The summed E-state index contributed by atoms with van der Waals surface area (Å²) in [6, 6.07) is 7.75. The van der Waals surface area contributed by atoms with E-state index in [1.165, 1.54) is 0 Å². The number of likely N-dealkylation sites (N-methyl/N-ethyl adjacent to an activating group) is 1. The topological polar surface area (TPSA) is 41.6 Å². The Hall–Kier alpha value is -1.55. The van der Waals surface area contributed by atoms with Gasteiger partial charge in [-0.25, -0.2) is 0 Å². The summed E-state index contributed by atoms with van der Waals surface area (Å²) < 4.78 is 5.74. The third kappa shape index (κ3) is 5.75. The summed E-state index contributed by atoms with van der Waals surface area (Å²) in [6.07, 6.45) is 0.228. The summed E-state index contributed by atoms with van der Waals surface area (Å²) in [5.74, 6) is 0.695. The molecule has 0 heterocycles. The molecule has 0 bridgehead atoms. The van der Waals surface area contributed by atoms with E-state index in [4.69, 9.17) is 4.74 Å². The standard InChI is InChI=1S/C15H24N2O2/c1-5-14(15(18)16-9-10-17(3)4)19-13-8-6-7-12(2)11-13/h6-8,11,14H,5,9-10H2,1-4H3,(H,16,18)/t14-/m0/s1. The molecule has 1 rings (SSSR count). The lowest BCUT2D eigenvalue weighted by molar-refractivity contribution is -0.128. The minimum Gasteiger partial charge on any atom is -0.481 e. The van der Waals surface area contributed by atoms with Crippen LogP contribution in [0.4, 0.5) is 0 Å². The highest BCUT2D eigenvalue weighted by molar-refractivity contribution is 5.81. The molecule has 4 nitrogen and oxygen atoms in total. The highest BCUT2D eigenvalue weighted by atomic mass is 16.5. The van der Waals surface area contributed by atoms with E-state index in [0.29, 0.717) is 13.0 Å². The van der Waals surface area contributed by atoms with Crippen LogP contribution in [0.5, 0.6) is 5.75 Å². The molecule has 0 unspecified atom stereocenters. The highest BCUT2D eigenvalue weighted by Gasteiger charge is 2.17. The summed E-state index contributed by atoms with van der Waals surface area (Å²) >= 11 is 0. The molecule has 1 N–H and O–H groups in total. The molecule has 106 valence electrons. The van der Waals surface area contributed by atoms with Crippen molar-refractivity contribution in [1.29, 1.82) is 0 Å². The van der Waals surface area contributed by atoms with Crippen molar-refractivity contribution in [3.8, 4) is 5.75 Å². The molecule has 0 saturated heterocycles. The summed E-state index contributed by atoms with van der Waals surface area (Å²) in [7, 11) is 3.96. The fraction of sp³-hybridized carbons (Fsp3) is 0.533. The summed E-state index contributed by atoms with van der Waals surface area (Å²) in [5.41, 5.74) is 1.13. The number of aryl methyl sites for hydroxylation is 1. The zero-order chi connectivity index (χ0) is 14.3. The number of benzene rings is 1. The van der Waals surface area contributed by atoms with Crippen LogP contribution in [-0.4, -0.2) is 44.1 Å². The third-order valence-electron chi connectivity index (χ3n) is 2.79. The van der Waals surface area contributed by atoms with Gasteiger partial charge in [-0.2, -0.15) is 0 Å². The van der Waals surface area contributed by atoms with Gasteiger partial charge in [0.25, 0.3) is 5.91 Å². The van der Waals surface area contributed by atoms with E-state index in [1.54, 1.807) is 0 Å². The van der Waals surface area contributed by atoms with Crippen LogP contribution in [0.1, 0.15) is 18.9 Å². The smallest absolute Gasteiger partial charge is 0.261 e. The lowest BCUT2D eigenvalue weighted by Crippen LogP contribution is -2.40. The molecular weight excluding hydrogens is 240 g/mol. The normalized spacial score (nSPS) is 12.3. The van der Waals surface area contributed by atoms with Crippen molar-refractivity contribution in [3.63, 3.8) is 0 Å². The molecule has 1 amide bonds. The van der Waals surface area contributed by atoms with Gasteiger partial charge >= 0.3 is 0 Å². The number of carbonyl (C=O) groups is 1. The summed E-state index contributed by atoms with van der Waals surface area (Å²) in [6.45, 7) is 5.42. The van der Waals surface area contributed by atoms with Crippen molar-refractivity contribution in [2.24, 2.45) is 0 Å². The van der Waals surface area contributed by atoms with Crippen LogP contribution in [0.2, 0.25) is 0 Å². The molecule has 0 aromatic heterocycles. The molecule has 0 saturated carbocycles. The maximum atomic E-state index is 12.0. The Bertz CT molecular complexity index is 405. The Morgan fingerprint density at radius 3 is 2.74 bits per heavy atom. The Labute approximate surface area is 115 Å². The SMILES string of the molecule is CC[C@H](Oc1cccc(C)c1)C(=O)NCCN(C)C. The maximum Gasteiger partial charge on any atom is 0.261 e. The predicted octanol–water partition coefficient (Wildman–Crippen LogP) is 1.83. The fourth-order valence-electron chi connectivity index (χ4n) is 1.69. The van der Waals surface area contributed by atoms with Crippen molar-refractivity contribution in [3.05, 3.63) is 29.8 Å². The second kappa shape index (κ2) is 7.79. The van der Waals surface area contributed by atoms with Crippen LogP contribution < -0.4 is 10.1 Å². The van der Waals surface area contributed by atoms with Gasteiger partial charge in [-0.1, -0.05) is 19.1 Å². The number of amides is 1. The number of ether oxygens (including phenoxy) is 1. The van der Waals surface area contributed by atoms with Crippen LogP contribution >= 0.6 is 0 Å². The van der Waals surface area contributed by atoms with Crippen molar-refractivity contribution >= 4 is 5.91 Å². The molecule has 4 heteroatoms. The van der Waals surface area contributed by atoms with Gasteiger partial charge in [0.05, 0.1) is 0 Å². The summed E-state index contributed by atoms with van der Waals surface area (Å²) in [5, 5.41) is 2.89. The minimum atomic E-state index is -0.427. The lowest BCUT2D eigenvalue weighted by atomic mass is 10.2. The maximum absolute atomic E-state index is 12.0. The highest BCUT2D eigenvalue weighted by Crippen LogP contribution is 2.15. The molecule has 0 aliphatic carbocycles. The van der Waals surface area contributed by atoms with Crippen LogP contribution in [0, 0.1) is 6.92 Å². The van der Waals surface area contributed by atoms with Crippen molar-refractivity contribution in [2.75, 3.05) is 27.2 Å². The molecule has 1 atom stereocenters. The molecule has 0 fully saturated rings. The molecule has 1 aromatic carbocycles. The first kappa shape index (κ1) is 15.5. The second-order valence-electron chi connectivity index (χ2n) is 4.93. The van der Waals surface area contributed by atoms with Crippen LogP contribution in [-0.2, 0) is 4.79 Å². The van der Waals surface area contributed by atoms with E-state index in [1.807, 2.05) is 57.1 Å². The number of nitrogens with one attached hydrogen (secondary N) is 1. The van der Waals surface area contributed by atoms with Crippen molar-refractivity contribution < 1.29 is 9.53 Å². The Morgan fingerprint density at radius 2 is 2.16 bits per heavy atom. The second-order valence-corrected chi connectivity index (χ2v) is 4.93. The lowest BCUT2D eigenvalue weighted by Gasteiger charge is -2.18. The van der Waals surface area contributed by atoms with E-state index in [0.717, 1.165) is 17.9 Å². The molecule has 1 aromatic rings. The van der Waals surface area contributed by atoms with Gasteiger partial charge in [0.15, 0.2) is 6.10 Å². The van der Waals surface area contributed by atoms with Crippen LogP contribution in [0.25, 0.3) is 0 Å². The van der Waals surface area contributed by atoms with Gasteiger partial charge < -0.3 is 15.0 Å². The Balaban J connectivity index is 2.50. The van der Waals surface area contributed by atoms with Crippen LogP contribution in [0.15, 0.2) is 24.3 Å². The zero-order valence-electron chi connectivity index (χ0n) is 12.3. The largest absolute Gasteiger partial charge is 0.481 e. The Morgan fingerprint density at radius 1 is 1.42 bits per heavy atom. The van der Waals surface area contributed by atoms with Crippen molar-refractivity contribution in [1.82, 2.24) is 10.2 Å². The molecular formula is C15H24N2O2. The van der Waals surface area contributed by atoms with Gasteiger partial charge in [0, 0.05) is 13.1 Å². The third-order valence-corrected chi connectivity index (χ3v) is 2.79. The van der Waals surface area contributed by atoms with Gasteiger partial charge in [-0.15, -0.1) is 0 Å². The van der Waals surface area contributed by atoms with Crippen LogP contribution in [0.3, 0.4) is 0 Å². The predicted molar refractivity (Wildman–Crippen MR) is 77.4 cm³/mol. The first-order chi connectivity index (χ1) is 9.02. The first-order valence-corrected chi connectivity index (χ1v) is 6.68. The quantitative estimate of drug-likeness (QED) is 0.817. The molecule has 0 radical (unpaired) electrons. The molecule has 0 aliphatic rings. The van der Waals surface area contributed by atoms with E-state index in [9.17, 15) is 4.79 Å². The van der Waals surface area contributed by atoms with E-state index < -0.39 is 6.10 Å². The number of carbonyl (C=O) groups excluding carboxylic acids is 1. The zero-order valence-corrected chi connectivity index (χ0v) is 12.3. The molecule has 19 heavy (non-hydrogen) atoms. The minimum absolute atomic E-state index is 0.0501. The number of hydrogen-bond donors (Lipinski definition) is 1.